The summed E-state index contributed by atoms with van der Waals surface area (Å²) >= 11 is 21.7. The number of nitrogens with zero attached hydrogens (tertiary/aromatic N) is 1. The van der Waals surface area contributed by atoms with Gasteiger partial charge in [0.05, 0.1) is 15.6 Å². The van der Waals surface area contributed by atoms with Crippen LogP contribution >= 0.6 is 50.7 Å². The maximum absolute atomic E-state index is 6.28. The van der Waals surface area contributed by atoms with Gasteiger partial charge in [0, 0.05) is 16.3 Å². The number of fused-ring (bicyclic) bond motifs is 1. The van der Waals surface area contributed by atoms with E-state index in [1.807, 2.05) is 30.3 Å². The Balaban J connectivity index is 2.03. The average Bonchev–Trinajstić information content (AvgIpc) is 2.44. The molecule has 3 rings (SSSR count). The molecule has 0 unspecified atom stereocenters. The second kappa shape index (κ2) is 6.13. The Labute approximate surface area is 146 Å². The average molecular weight is 402 g/mol. The monoisotopic (exact) mass is 399 g/mol. The number of rotatable bonds is 2. The van der Waals surface area contributed by atoms with Crippen LogP contribution in [0.5, 0.6) is 0 Å². The molecular formula is C16H9BrCl3N. The normalized spacial score (nSPS) is 11.0. The zero-order valence-corrected chi connectivity index (χ0v) is 14.6. The van der Waals surface area contributed by atoms with Crippen LogP contribution in [0, 0.1) is 0 Å². The zero-order valence-electron chi connectivity index (χ0n) is 10.7. The van der Waals surface area contributed by atoms with E-state index in [4.69, 9.17) is 34.8 Å². The summed E-state index contributed by atoms with van der Waals surface area (Å²) in [6.45, 7) is 0. The topological polar surface area (TPSA) is 12.9 Å². The molecule has 1 heterocycles. The van der Waals surface area contributed by atoms with Gasteiger partial charge in [0.15, 0.2) is 0 Å². The van der Waals surface area contributed by atoms with Gasteiger partial charge in [-0.3, -0.25) is 0 Å². The van der Waals surface area contributed by atoms with E-state index >= 15 is 0 Å². The molecule has 2 aromatic carbocycles. The summed E-state index contributed by atoms with van der Waals surface area (Å²) < 4.78 is 1.01. The second-order valence-corrected chi connectivity index (χ2v) is 6.79. The van der Waals surface area contributed by atoms with Crippen molar-refractivity contribution in [2.45, 2.75) is 6.42 Å². The van der Waals surface area contributed by atoms with Crippen LogP contribution in [-0.4, -0.2) is 4.98 Å². The Bertz CT molecular complexity index is 833. The fourth-order valence-corrected chi connectivity index (χ4v) is 3.07. The molecule has 0 saturated carbocycles. The number of halogens is 4. The Morgan fingerprint density at radius 1 is 0.905 bits per heavy atom. The first-order chi connectivity index (χ1) is 10.0. The van der Waals surface area contributed by atoms with E-state index in [0.29, 0.717) is 21.6 Å². The second-order valence-electron chi connectivity index (χ2n) is 4.70. The Kier molecular flexibility index (Phi) is 4.41. The molecule has 21 heavy (non-hydrogen) atoms. The Morgan fingerprint density at radius 3 is 2.48 bits per heavy atom. The van der Waals surface area contributed by atoms with E-state index in [1.54, 1.807) is 6.07 Å². The molecule has 0 bridgehead atoms. The predicted molar refractivity (Wildman–Crippen MR) is 93.7 cm³/mol. The van der Waals surface area contributed by atoms with E-state index in [0.717, 1.165) is 26.5 Å². The van der Waals surface area contributed by atoms with Gasteiger partial charge >= 0.3 is 0 Å². The first-order valence-electron chi connectivity index (χ1n) is 6.21. The first-order valence-corrected chi connectivity index (χ1v) is 8.14. The fourth-order valence-electron chi connectivity index (χ4n) is 2.16. The molecule has 0 N–H and O–H groups in total. The molecule has 1 aromatic heterocycles. The van der Waals surface area contributed by atoms with Gasteiger partial charge < -0.3 is 0 Å². The highest BCUT2D eigenvalue weighted by molar-refractivity contribution is 9.10. The van der Waals surface area contributed by atoms with Crippen LogP contribution in [0.4, 0.5) is 0 Å². The zero-order chi connectivity index (χ0) is 15.0. The van der Waals surface area contributed by atoms with Crippen molar-refractivity contribution in [3.8, 4) is 0 Å². The predicted octanol–water partition coefficient (Wildman–Crippen LogP) is 6.55. The molecular weight excluding hydrogens is 392 g/mol. The highest BCUT2D eigenvalue weighted by Gasteiger charge is 2.08. The lowest BCUT2D eigenvalue weighted by molar-refractivity contribution is 1.17. The van der Waals surface area contributed by atoms with Crippen LogP contribution in [0.15, 0.2) is 46.9 Å². The third-order valence-electron chi connectivity index (χ3n) is 3.18. The number of hydrogen-bond donors (Lipinski definition) is 0. The van der Waals surface area contributed by atoms with E-state index in [2.05, 4.69) is 27.0 Å². The molecule has 0 spiro atoms. The van der Waals surface area contributed by atoms with Gasteiger partial charge in [-0.05, 0) is 47.5 Å². The minimum absolute atomic E-state index is 0.510. The summed E-state index contributed by atoms with van der Waals surface area (Å²) in [6, 6.07) is 13.5. The molecule has 0 radical (unpaired) electrons. The summed E-state index contributed by atoms with van der Waals surface area (Å²) in [4.78, 5) is 4.44. The molecule has 0 saturated heterocycles. The van der Waals surface area contributed by atoms with Crippen LogP contribution in [0.3, 0.4) is 0 Å². The van der Waals surface area contributed by atoms with Gasteiger partial charge in [0.2, 0.25) is 0 Å². The number of pyridine rings is 1. The van der Waals surface area contributed by atoms with Crippen molar-refractivity contribution >= 4 is 61.6 Å². The molecule has 0 aliphatic heterocycles. The molecule has 5 heteroatoms. The Hall–Kier alpha value is -0.800. The number of aromatic nitrogens is 1. The molecule has 3 aromatic rings. The first kappa shape index (κ1) is 15.1. The lowest BCUT2D eigenvalue weighted by Gasteiger charge is -2.08. The fraction of sp³-hybridized carbons (Fsp3) is 0.0625. The summed E-state index contributed by atoms with van der Waals surface area (Å²) in [6.07, 6.45) is 0.658. The van der Waals surface area contributed by atoms with Gasteiger partial charge in [0.25, 0.3) is 0 Å². The Morgan fingerprint density at radius 2 is 1.71 bits per heavy atom. The third-order valence-corrected chi connectivity index (χ3v) is 4.74. The maximum Gasteiger partial charge on any atom is 0.133 e. The van der Waals surface area contributed by atoms with E-state index in [1.165, 1.54) is 0 Å². The van der Waals surface area contributed by atoms with Crippen molar-refractivity contribution in [3.05, 3.63) is 73.3 Å². The molecule has 1 nitrogen and oxygen atoms in total. The van der Waals surface area contributed by atoms with Crippen molar-refractivity contribution < 1.29 is 0 Å². The summed E-state index contributed by atoms with van der Waals surface area (Å²) in [5.41, 5.74) is 2.88. The minimum atomic E-state index is 0.510. The number of benzene rings is 2. The van der Waals surface area contributed by atoms with Gasteiger partial charge in [-0.2, -0.15) is 0 Å². The summed E-state index contributed by atoms with van der Waals surface area (Å²) in [7, 11) is 0. The van der Waals surface area contributed by atoms with E-state index < -0.39 is 0 Å². The molecule has 0 atom stereocenters. The van der Waals surface area contributed by atoms with E-state index in [9.17, 15) is 0 Å². The van der Waals surface area contributed by atoms with Crippen LogP contribution in [-0.2, 0) is 6.42 Å². The number of hydrogen-bond acceptors (Lipinski definition) is 1. The van der Waals surface area contributed by atoms with Crippen molar-refractivity contribution in [3.63, 3.8) is 0 Å². The quantitative estimate of drug-likeness (QED) is 0.444. The van der Waals surface area contributed by atoms with Gasteiger partial charge in [0.1, 0.15) is 5.15 Å². The van der Waals surface area contributed by atoms with E-state index in [-0.39, 0.29) is 0 Å². The highest BCUT2D eigenvalue weighted by Crippen LogP contribution is 2.28. The standard InChI is InChI=1S/C16H9BrCl3N/c17-12-2-4-15-10(8-12)7-11(16(20)21-15)5-9-1-3-13(18)14(19)6-9/h1-4,6-8H,5H2. The van der Waals surface area contributed by atoms with Crippen molar-refractivity contribution in [2.75, 3.05) is 0 Å². The third kappa shape index (κ3) is 3.35. The minimum Gasteiger partial charge on any atom is -0.236 e. The smallest absolute Gasteiger partial charge is 0.133 e. The summed E-state index contributed by atoms with van der Waals surface area (Å²) in [5.74, 6) is 0. The van der Waals surface area contributed by atoms with Crippen molar-refractivity contribution in [2.24, 2.45) is 0 Å². The highest BCUT2D eigenvalue weighted by atomic mass is 79.9. The summed E-state index contributed by atoms with van der Waals surface area (Å²) in [5, 5.41) is 2.65. The molecule has 106 valence electrons. The van der Waals surface area contributed by atoms with Crippen molar-refractivity contribution in [1.29, 1.82) is 0 Å². The molecule has 0 aliphatic rings. The van der Waals surface area contributed by atoms with Crippen LogP contribution in [0.1, 0.15) is 11.1 Å². The van der Waals surface area contributed by atoms with Gasteiger partial charge in [-0.15, -0.1) is 0 Å². The van der Waals surface area contributed by atoms with Crippen LogP contribution in [0.25, 0.3) is 10.9 Å². The lowest BCUT2D eigenvalue weighted by Crippen LogP contribution is -1.93. The SMILES string of the molecule is Clc1ccc(Cc2cc3cc(Br)ccc3nc2Cl)cc1Cl. The van der Waals surface area contributed by atoms with Crippen LogP contribution in [0.2, 0.25) is 15.2 Å². The molecule has 0 aliphatic carbocycles. The largest absolute Gasteiger partial charge is 0.236 e. The maximum atomic E-state index is 6.28. The van der Waals surface area contributed by atoms with Crippen molar-refractivity contribution in [1.82, 2.24) is 4.98 Å². The molecule has 0 amide bonds. The van der Waals surface area contributed by atoms with Gasteiger partial charge in [-0.1, -0.05) is 56.8 Å². The molecule has 0 fully saturated rings. The van der Waals surface area contributed by atoms with Crippen LogP contribution < -0.4 is 0 Å². The lowest BCUT2D eigenvalue weighted by atomic mass is 10.0. The van der Waals surface area contributed by atoms with Gasteiger partial charge in [-0.25, -0.2) is 4.98 Å².